The number of hydrogen-bond donors (Lipinski definition) is 3. The highest BCUT2D eigenvalue weighted by molar-refractivity contribution is 5.99. The van der Waals surface area contributed by atoms with Gasteiger partial charge in [-0.15, -0.1) is 0 Å². The Morgan fingerprint density at radius 3 is 2.91 bits per heavy atom. The van der Waals surface area contributed by atoms with E-state index in [9.17, 15) is 9.90 Å². The molecule has 0 unspecified atom stereocenters. The lowest BCUT2D eigenvalue weighted by molar-refractivity contribution is -0.124. The highest BCUT2D eigenvalue weighted by Crippen LogP contribution is 2.35. The number of phenols is 1. The van der Waals surface area contributed by atoms with Gasteiger partial charge in [0.15, 0.2) is 5.82 Å². The van der Waals surface area contributed by atoms with Crippen LogP contribution >= 0.6 is 0 Å². The zero-order chi connectivity index (χ0) is 23.1. The molecule has 2 aliphatic rings. The van der Waals surface area contributed by atoms with Crippen LogP contribution in [0.3, 0.4) is 0 Å². The number of aromatic nitrogens is 4. The first-order valence-corrected chi connectivity index (χ1v) is 11.8. The summed E-state index contributed by atoms with van der Waals surface area (Å²) in [5.41, 5.74) is 5.00. The molecule has 2 aromatic heterocycles. The molecule has 2 atom stereocenters. The van der Waals surface area contributed by atoms with E-state index >= 15 is 0 Å². The maximum Gasteiger partial charge on any atom is 0.243 e. The monoisotopic (exact) mass is 452 g/mol. The minimum atomic E-state index is -0.270. The van der Waals surface area contributed by atoms with Crippen LogP contribution in [0.2, 0.25) is 0 Å². The average Bonchev–Trinajstić information content (AvgIpc) is 3.47. The maximum atomic E-state index is 13.1. The minimum absolute atomic E-state index is 0.0293. The summed E-state index contributed by atoms with van der Waals surface area (Å²) in [6.07, 6.45) is 4.32. The van der Waals surface area contributed by atoms with Gasteiger partial charge in [0.2, 0.25) is 5.91 Å². The highest BCUT2D eigenvalue weighted by Gasteiger charge is 2.28. The van der Waals surface area contributed by atoms with E-state index < -0.39 is 0 Å². The maximum absolute atomic E-state index is 13.1. The van der Waals surface area contributed by atoms with E-state index in [1.807, 2.05) is 13.0 Å². The fourth-order valence-corrected chi connectivity index (χ4v) is 5.03. The van der Waals surface area contributed by atoms with E-state index in [4.69, 9.17) is 9.72 Å². The number of likely N-dealkylation sites (N-methyl/N-ethyl adjacent to an activating group) is 1. The number of aromatic amines is 2. The van der Waals surface area contributed by atoms with Crippen LogP contribution < -0.4 is 4.90 Å². The SMILES string of the molecule is CC[C@@H]1CCc2[nH]nc(-c3nc4cc(N(C)C(=O)[C@H](C)N5CCOCC5)cc(O)c4[nH]3)c2C1. The number of amides is 1. The van der Waals surface area contributed by atoms with Gasteiger partial charge in [0.25, 0.3) is 0 Å². The molecule has 33 heavy (non-hydrogen) atoms. The van der Waals surface area contributed by atoms with Crippen molar-refractivity contribution in [2.75, 3.05) is 38.3 Å². The number of fused-ring (bicyclic) bond motifs is 2. The van der Waals surface area contributed by atoms with Crippen LogP contribution in [-0.2, 0) is 22.4 Å². The standard InChI is InChI=1S/C24H32N6O3/c1-4-15-5-6-18-17(11-15)21(28-27-18)23-25-19-12-16(13-20(31)22(19)26-23)29(3)24(32)14(2)30-7-9-33-10-8-30/h12-15,31H,4-11H2,1-3H3,(H,25,26)(H,27,28)/t14-,15+/m0/s1. The summed E-state index contributed by atoms with van der Waals surface area (Å²) < 4.78 is 5.40. The second-order valence-corrected chi connectivity index (χ2v) is 9.21. The number of benzene rings is 1. The van der Waals surface area contributed by atoms with Gasteiger partial charge in [0, 0.05) is 43.1 Å². The molecule has 176 valence electrons. The van der Waals surface area contributed by atoms with Crippen molar-refractivity contribution < 1.29 is 14.6 Å². The molecule has 1 aliphatic heterocycles. The lowest BCUT2D eigenvalue weighted by Crippen LogP contribution is -2.50. The Bertz CT molecular complexity index is 1160. The van der Waals surface area contributed by atoms with E-state index in [2.05, 4.69) is 27.0 Å². The van der Waals surface area contributed by atoms with Gasteiger partial charge >= 0.3 is 0 Å². The van der Waals surface area contributed by atoms with Crippen LogP contribution in [0.5, 0.6) is 5.75 Å². The number of ether oxygens (including phenoxy) is 1. The third kappa shape index (κ3) is 4.00. The number of carbonyl (C=O) groups excluding carboxylic acids is 1. The number of imidazole rings is 1. The largest absolute Gasteiger partial charge is 0.506 e. The Balaban J connectivity index is 1.43. The summed E-state index contributed by atoms with van der Waals surface area (Å²) >= 11 is 0. The number of anilines is 1. The van der Waals surface area contributed by atoms with Gasteiger partial charge in [0.1, 0.15) is 17.0 Å². The predicted octanol–water partition coefficient (Wildman–Crippen LogP) is 2.86. The van der Waals surface area contributed by atoms with E-state index in [-0.39, 0.29) is 17.7 Å². The number of hydrogen-bond acceptors (Lipinski definition) is 6. The highest BCUT2D eigenvalue weighted by atomic mass is 16.5. The van der Waals surface area contributed by atoms with Crippen LogP contribution in [-0.4, -0.2) is 75.5 Å². The summed E-state index contributed by atoms with van der Waals surface area (Å²) in [5.74, 6) is 1.34. The number of aromatic hydroxyl groups is 1. The van der Waals surface area contributed by atoms with Crippen LogP contribution in [0.25, 0.3) is 22.6 Å². The molecular weight excluding hydrogens is 420 g/mol. The van der Waals surface area contributed by atoms with Crippen molar-refractivity contribution in [3.05, 3.63) is 23.4 Å². The lowest BCUT2D eigenvalue weighted by atomic mass is 9.85. The number of nitrogens with zero attached hydrogens (tertiary/aromatic N) is 4. The zero-order valence-electron chi connectivity index (χ0n) is 19.5. The topological polar surface area (TPSA) is 110 Å². The summed E-state index contributed by atoms with van der Waals surface area (Å²) in [4.78, 5) is 24.8. The Morgan fingerprint density at radius 2 is 2.15 bits per heavy atom. The molecule has 9 nitrogen and oxygen atoms in total. The van der Waals surface area contributed by atoms with Gasteiger partial charge in [-0.3, -0.25) is 14.8 Å². The Kier molecular flexibility index (Phi) is 5.84. The first kappa shape index (κ1) is 21.9. The number of H-pyrrole nitrogens is 2. The first-order valence-electron chi connectivity index (χ1n) is 11.8. The van der Waals surface area contributed by atoms with Crippen LogP contribution in [0.4, 0.5) is 5.69 Å². The molecule has 1 amide bonds. The van der Waals surface area contributed by atoms with Crippen molar-refractivity contribution in [3.63, 3.8) is 0 Å². The van der Waals surface area contributed by atoms with Gasteiger partial charge in [-0.1, -0.05) is 13.3 Å². The van der Waals surface area contributed by atoms with E-state index in [1.165, 1.54) is 17.7 Å². The van der Waals surface area contributed by atoms with Gasteiger partial charge in [-0.25, -0.2) is 4.98 Å². The lowest BCUT2D eigenvalue weighted by Gasteiger charge is -2.33. The Morgan fingerprint density at radius 1 is 1.36 bits per heavy atom. The predicted molar refractivity (Wildman–Crippen MR) is 126 cm³/mol. The molecule has 0 bridgehead atoms. The zero-order valence-corrected chi connectivity index (χ0v) is 19.5. The molecule has 0 spiro atoms. The fraction of sp³-hybridized carbons (Fsp3) is 0.542. The quantitative estimate of drug-likeness (QED) is 0.549. The molecule has 0 radical (unpaired) electrons. The number of nitrogens with one attached hydrogen (secondary N) is 2. The number of carbonyl (C=O) groups is 1. The third-order valence-electron chi connectivity index (χ3n) is 7.28. The van der Waals surface area contributed by atoms with Crippen molar-refractivity contribution in [2.45, 2.75) is 45.6 Å². The van der Waals surface area contributed by atoms with Crippen LogP contribution in [0.1, 0.15) is 37.9 Å². The van der Waals surface area contributed by atoms with Crippen LogP contribution in [0, 0.1) is 5.92 Å². The molecule has 5 rings (SSSR count). The molecule has 1 fully saturated rings. The third-order valence-corrected chi connectivity index (χ3v) is 7.28. The van der Waals surface area contributed by atoms with Crippen LogP contribution in [0.15, 0.2) is 12.1 Å². The summed E-state index contributed by atoms with van der Waals surface area (Å²) in [6, 6.07) is 3.18. The van der Waals surface area contributed by atoms with E-state index in [0.717, 1.165) is 38.0 Å². The van der Waals surface area contributed by atoms with E-state index in [0.29, 0.717) is 41.7 Å². The molecule has 3 heterocycles. The number of aryl methyl sites for hydroxylation is 1. The van der Waals surface area contributed by atoms with Crippen molar-refractivity contribution in [1.82, 2.24) is 25.1 Å². The summed E-state index contributed by atoms with van der Waals surface area (Å²) in [5, 5.41) is 18.5. The van der Waals surface area contributed by atoms with Crippen molar-refractivity contribution in [3.8, 4) is 17.3 Å². The van der Waals surface area contributed by atoms with Gasteiger partial charge in [0.05, 0.1) is 24.8 Å². The normalized spacial score (nSPS) is 20.0. The second kappa shape index (κ2) is 8.79. The van der Waals surface area contributed by atoms with Gasteiger partial charge in [-0.2, -0.15) is 5.10 Å². The van der Waals surface area contributed by atoms with Crippen molar-refractivity contribution in [2.24, 2.45) is 5.92 Å². The van der Waals surface area contributed by atoms with Crippen molar-refractivity contribution in [1.29, 1.82) is 0 Å². The molecule has 1 aliphatic carbocycles. The minimum Gasteiger partial charge on any atom is -0.506 e. The van der Waals surface area contributed by atoms with Gasteiger partial charge < -0.3 is 19.7 Å². The molecule has 1 saturated heterocycles. The smallest absolute Gasteiger partial charge is 0.243 e. The second-order valence-electron chi connectivity index (χ2n) is 9.21. The number of phenolic OH excluding ortho intramolecular Hbond substituents is 1. The molecular formula is C24H32N6O3. The molecule has 3 aromatic rings. The summed E-state index contributed by atoms with van der Waals surface area (Å²) in [6.45, 7) is 6.90. The van der Waals surface area contributed by atoms with Crippen molar-refractivity contribution >= 4 is 22.6 Å². The van der Waals surface area contributed by atoms with Gasteiger partial charge in [-0.05, 0) is 38.2 Å². The molecule has 3 N–H and O–H groups in total. The average molecular weight is 453 g/mol. The summed E-state index contributed by atoms with van der Waals surface area (Å²) in [7, 11) is 1.74. The first-order chi connectivity index (χ1) is 16.0. The number of morpholine rings is 1. The Labute approximate surface area is 193 Å². The Hall–Kier alpha value is -2.91. The molecule has 0 saturated carbocycles. The fourth-order valence-electron chi connectivity index (χ4n) is 5.03. The molecule has 9 heteroatoms. The van der Waals surface area contributed by atoms with E-state index in [1.54, 1.807) is 18.0 Å². The molecule has 1 aromatic carbocycles. The number of rotatable bonds is 5.